The molecule has 0 spiro atoms. The van der Waals surface area contributed by atoms with Gasteiger partial charge in [0, 0.05) is 12.2 Å². The Balaban J connectivity index is 0.00000484. The van der Waals surface area contributed by atoms with Gasteiger partial charge in [0.1, 0.15) is 0 Å². The highest BCUT2D eigenvalue weighted by Crippen LogP contribution is 2.28. The van der Waals surface area contributed by atoms with Crippen molar-refractivity contribution in [2.24, 2.45) is 16.3 Å². The smallest absolute Gasteiger partial charge is 0.238 e. The monoisotopic (exact) mass is 363 g/mol. The van der Waals surface area contributed by atoms with Crippen molar-refractivity contribution >= 4 is 34.0 Å². The lowest BCUT2D eigenvalue weighted by molar-refractivity contribution is -0.125. The first kappa shape index (κ1) is 21.9. The minimum Gasteiger partial charge on any atom is -0.329 e. The maximum atomic E-state index is 12.5. The first-order chi connectivity index (χ1) is 10.2. The van der Waals surface area contributed by atoms with E-state index in [1.165, 1.54) is 6.07 Å². The fraction of sp³-hybridized carbons (Fsp3) is 0.533. The molecule has 0 saturated heterocycles. The second-order valence-electron chi connectivity index (χ2n) is 5.37. The van der Waals surface area contributed by atoms with Crippen LogP contribution in [0.15, 0.2) is 23.1 Å². The summed E-state index contributed by atoms with van der Waals surface area (Å²) in [5.74, 6) is -0.204. The second-order valence-corrected chi connectivity index (χ2v) is 6.90. The summed E-state index contributed by atoms with van der Waals surface area (Å²) in [7, 11) is -3.83. The molecule has 0 radical (unpaired) electrons. The van der Waals surface area contributed by atoms with Crippen LogP contribution in [0.1, 0.15) is 39.2 Å². The third kappa shape index (κ3) is 4.91. The van der Waals surface area contributed by atoms with E-state index in [0.717, 1.165) is 0 Å². The molecule has 1 aromatic carbocycles. The number of nitrogens with one attached hydrogen (secondary N) is 1. The molecule has 0 aliphatic heterocycles. The van der Waals surface area contributed by atoms with E-state index in [0.29, 0.717) is 30.5 Å². The van der Waals surface area contributed by atoms with E-state index in [-0.39, 0.29) is 29.8 Å². The summed E-state index contributed by atoms with van der Waals surface area (Å²) in [4.78, 5) is 12.5. The van der Waals surface area contributed by atoms with Gasteiger partial charge in [-0.1, -0.05) is 26.8 Å². The normalized spacial score (nSPS) is 11.7. The minimum atomic E-state index is -3.83. The van der Waals surface area contributed by atoms with Gasteiger partial charge < -0.3 is 11.1 Å². The van der Waals surface area contributed by atoms with E-state index in [2.05, 4.69) is 5.32 Å². The largest absolute Gasteiger partial charge is 0.329 e. The Morgan fingerprint density at radius 1 is 1.22 bits per heavy atom. The van der Waals surface area contributed by atoms with E-state index in [1.54, 1.807) is 12.1 Å². The van der Waals surface area contributed by atoms with E-state index in [4.69, 9.17) is 10.9 Å². The van der Waals surface area contributed by atoms with Crippen LogP contribution in [0.25, 0.3) is 0 Å². The lowest BCUT2D eigenvalue weighted by atomic mass is 9.81. The standard InChI is InChI=1S/C15H25N3O3S.ClH/c1-4-11-7-8-12(9-13(11)22(17,20)21)18-14(19)15(5-2,6-3)10-16;/h7-9H,4-6,10,16H2,1-3H3,(H,18,19)(H2,17,20,21);1H. The molecule has 1 aromatic rings. The molecule has 5 N–H and O–H groups in total. The average molecular weight is 364 g/mol. The Kier molecular flexibility index (Phi) is 8.20. The molecule has 0 aliphatic rings. The van der Waals surface area contributed by atoms with Crippen LogP contribution in [0.3, 0.4) is 0 Å². The number of anilines is 1. The molecule has 0 saturated carbocycles. The van der Waals surface area contributed by atoms with Gasteiger partial charge in [0.05, 0.1) is 10.3 Å². The van der Waals surface area contributed by atoms with Gasteiger partial charge in [-0.3, -0.25) is 4.79 Å². The number of primary sulfonamides is 1. The van der Waals surface area contributed by atoms with E-state index in [9.17, 15) is 13.2 Å². The van der Waals surface area contributed by atoms with Crippen molar-refractivity contribution in [1.29, 1.82) is 0 Å². The highest BCUT2D eigenvalue weighted by Gasteiger charge is 2.33. The summed E-state index contributed by atoms with van der Waals surface area (Å²) >= 11 is 0. The summed E-state index contributed by atoms with van der Waals surface area (Å²) < 4.78 is 23.3. The van der Waals surface area contributed by atoms with Gasteiger partial charge in [0.15, 0.2) is 0 Å². The number of hydrogen-bond acceptors (Lipinski definition) is 4. The topological polar surface area (TPSA) is 115 Å². The third-order valence-electron chi connectivity index (χ3n) is 4.24. The molecule has 1 rings (SSSR count). The summed E-state index contributed by atoms with van der Waals surface area (Å²) in [6.07, 6.45) is 1.76. The van der Waals surface area contributed by atoms with Crippen molar-refractivity contribution in [1.82, 2.24) is 0 Å². The molecule has 1 amide bonds. The number of carbonyl (C=O) groups excluding carboxylic acids is 1. The number of halogens is 1. The van der Waals surface area contributed by atoms with Crippen molar-refractivity contribution in [2.75, 3.05) is 11.9 Å². The maximum absolute atomic E-state index is 12.5. The van der Waals surface area contributed by atoms with Crippen LogP contribution in [0, 0.1) is 5.41 Å². The van der Waals surface area contributed by atoms with Crippen molar-refractivity contribution in [2.45, 2.75) is 44.9 Å². The molecule has 8 heteroatoms. The summed E-state index contributed by atoms with van der Waals surface area (Å²) in [5, 5.41) is 8.00. The van der Waals surface area contributed by atoms with Crippen molar-refractivity contribution in [3.8, 4) is 0 Å². The van der Waals surface area contributed by atoms with Gasteiger partial charge in [0.2, 0.25) is 15.9 Å². The summed E-state index contributed by atoms with van der Waals surface area (Å²) in [6, 6.07) is 4.74. The number of amides is 1. The van der Waals surface area contributed by atoms with Crippen LogP contribution in [0.5, 0.6) is 0 Å². The third-order valence-corrected chi connectivity index (χ3v) is 5.23. The predicted octanol–water partition coefficient (Wildman–Crippen LogP) is 2.02. The average Bonchev–Trinajstić information content (AvgIpc) is 2.48. The summed E-state index contributed by atoms with van der Waals surface area (Å²) in [5.41, 5.74) is 6.13. The van der Waals surface area contributed by atoms with Crippen LogP contribution >= 0.6 is 12.4 Å². The van der Waals surface area contributed by atoms with Gasteiger partial charge in [-0.05, 0) is 37.0 Å². The predicted molar refractivity (Wildman–Crippen MR) is 95.1 cm³/mol. The van der Waals surface area contributed by atoms with Crippen molar-refractivity contribution in [3.05, 3.63) is 23.8 Å². The van der Waals surface area contributed by atoms with Gasteiger partial charge in [-0.2, -0.15) is 0 Å². The van der Waals surface area contributed by atoms with Crippen molar-refractivity contribution in [3.63, 3.8) is 0 Å². The van der Waals surface area contributed by atoms with Crippen LogP contribution in [-0.4, -0.2) is 20.9 Å². The fourth-order valence-electron chi connectivity index (χ4n) is 2.41. The summed E-state index contributed by atoms with van der Waals surface area (Å²) in [6.45, 7) is 5.90. The molecule has 132 valence electrons. The molecule has 0 atom stereocenters. The molecular weight excluding hydrogens is 338 g/mol. The molecule has 6 nitrogen and oxygen atoms in total. The highest BCUT2D eigenvalue weighted by molar-refractivity contribution is 7.89. The molecular formula is C15H26ClN3O3S. The zero-order valence-electron chi connectivity index (χ0n) is 13.8. The quantitative estimate of drug-likeness (QED) is 0.687. The molecule has 0 aliphatic carbocycles. The lowest BCUT2D eigenvalue weighted by Crippen LogP contribution is -2.41. The minimum absolute atomic E-state index is 0. The van der Waals surface area contributed by atoms with Gasteiger partial charge in [-0.15, -0.1) is 12.4 Å². The first-order valence-corrected chi connectivity index (χ1v) is 8.96. The van der Waals surface area contributed by atoms with Gasteiger partial charge >= 0.3 is 0 Å². The molecule has 0 unspecified atom stereocenters. The van der Waals surface area contributed by atoms with Crippen LogP contribution in [0.4, 0.5) is 5.69 Å². The highest BCUT2D eigenvalue weighted by atomic mass is 35.5. The zero-order chi connectivity index (χ0) is 17.0. The number of benzene rings is 1. The Morgan fingerprint density at radius 2 is 1.78 bits per heavy atom. The molecule has 0 heterocycles. The number of sulfonamides is 1. The Bertz CT molecular complexity index is 635. The molecule has 0 aromatic heterocycles. The zero-order valence-corrected chi connectivity index (χ0v) is 15.4. The molecule has 23 heavy (non-hydrogen) atoms. The Labute approximate surface area is 144 Å². The van der Waals surface area contributed by atoms with Crippen LogP contribution in [0.2, 0.25) is 0 Å². The SMILES string of the molecule is CCc1ccc(NC(=O)C(CC)(CC)CN)cc1S(N)(=O)=O.Cl. The van der Waals surface area contributed by atoms with Crippen LogP contribution in [-0.2, 0) is 21.2 Å². The van der Waals surface area contributed by atoms with E-state index in [1.807, 2.05) is 20.8 Å². The van der Waals surface area contributed by atoms with Gasteiger partial charge in [0.25, 0.3) is 0 Å². The number of aryl methyl sites for hydroxylation is 1. The Hall–Kier alpha value is -1.15. The fourth-order valence-corrected chi connectivity index (χ4v) is 3.27. The second kappa shape index (κ2) is 8.63. The number of hydrogen-bond donors (Lipinski definition) is 3. The van der Waals surface area contributed by atoms with E-state index >= 15 is 0 Å². The Morgan fingerprint density at radius 3 is 2.17 bits per heavy atom. The number of rotatable bonds is 7. The van der Waals surface area contributed by atoms with Crippen LogP contribution < -0.4 is 16.2 Å². The first-order valence-electron chi connectivity index (χ1n) is 7.41. The lowest BCUT2D eigenvalue weighted by Gasteiger charge is -2.28. The molecule has 0 fully saturated rings. The number of carbonyl (C=O) groups is 1. The maximum Gasteiger partial charge on any atom is 0.238 e. The molecule has 0 bridgehead atoms. The van der Waals surface area contributed by atoms with Gasteiger partial charge in [-0.25, -0.2) is 13.6 Å². The number of nitrogens with two attached hydrogens (primary N) is 2. The van der Waals surface area contributed by atoms with E-state index < -0.39 is 15.4 Å². The van der Waals surface area contributed by atoms with Crippen molar-refractivity contribution < 1.29 is 13.2 Å².